The van der Waals surface area contributed by atoms with Gasteiger partial charge in [-0.1, -0.05) is 6.92 Å². The number of fused-ring (bicyclic) bond motifs is 4. The van der Waals surface area contributed by atoms with Crippen LogP contribution in [0.5, 0.6) is 0 Å². The molecular formula is C24H24FN3O3. The number of ether oxygens (including phenoxy) is 1. The number of halogens is 1. The molecule has 1 aromatic carbocycles. The van der Waals surface area contributed by atoms with Gasteiger partial charge in [0.15, 0.2) is 5.60 Å². The van der Waals surface area contributed by atoms with Gasteiger partial charge >= 0.3 is 5.97 Å². The van der Waals surface area contributed by atoms with Gasteiger partial charge in [0, 0.05) is 41.7 Å². The maximum absolute atomic E-state index is 14.7. The molecule has 0 saturated carbocycles. The second-order valence-corrected chi connectivity index (χ2v) is 9.05. The minimum Gasteiger partial charge on any atom is -0.459 e. The van der Waals surface area contributed by atoms with Gasteiger partial charge < -0.3 is 20.5 Å². The summed E-state index contributed by atoms with van der Waals surface area (Å²) in [6.45, 7) is 4.98. The first kappa shape index (κ1) is 19.0. The summed E-state index contributed by atoms with van der Waals surface area (Å²) < 4.78 is 19.9. The van der Waals surface area contributed by atoms with E-state index in [9.17, 15) is 14.3 Å². The van der Waals surface area contributed by atoms with Crippen LogP contribution in [-0.4, -0.2) is 39.7 Å². The highest BCUT2D eigenvalue weighted by Gasteiger charge is 2.47. The number of aromatic nitrogens is 1. The third-order valence-corrected chi connectivity index (χ3v) is 7.47. The Bertz CT molecular complexity index is 1260. The predicted octanol–water partition coefficient (Wildman–Crippen LogP) is 2.79. The van der Waals surface area contributed by atoms with Crippen molar-refractivity contribution < 1.29 is 19.0 Å². The Balaban J connectivity index is 1.61. The molecule has 6 nitrogen and oxygen atoms in total. The third kappa shape index (κ3) is 2.33. The summed E-state index contributed by atoms with van der Waals surface area (Å²) in [5, 5.41) is 12.1. The molecular weight excluding hydrogens is 397 g/mol. The maximum Gasteiger partial charge on any atom is 0.343 e. The standard InChI is InChI=1S/C24H24FN3O3/c1-3-24(30)15-6-19-22-14(9-28(19)8-12(15)10-31-23(24)29)20-17(26)5-4-13-11(2)16(25)7-18(27-22)21(13)20/h6-7,17,30H,3-5,8-10,26H2,1-2H3/t17-,24-/m0/s1. The Morgan fingerprint density at radius 2 is 2.19 bits per heavy atom. The number of hydrogen-bond acceptors (Lipinski definition) is 6. The molecule has 2 aromatic rings. The fourth-order valence-corrected chi connectivity index (χ4v) is 5.71. The molecule has 7 heteroatoms. The zero-order valence-electron chi connectivity index (χ0n) is 17.6. The first-order valence-corrected chi connectivity index (χ1v) is 10.8. The van der Waals surface area contributed by atoms with Crippen molar-refractivity contribution in [2.45, 2.75) is 51.3 Å². The molecule has 31 heavy (non-hydrogen) atoms. The molecule has 1 aromatic heterocycles. The number of cyclic esters (lactones) is 1. The van der Waals surface area contributed by atoms with E-state index in [1.54, 1.807) is 6.92 Å². The van der Waals surface area contributed by atoms with E-state index in [4.69, 9.17) is 15.5 Å². The van der Waals surface area contributed by atoms with Crippen LogP contribution in [-0.2, 0) is 22.5 Å². The van der Waals surface area contributed by atoms with Gasteiger partial charge in [0.05, 0.1) is 16.9 Å². The zero-order chi connectivity index (χ0) is 21.7. The van der Waals surface area contributed by atoms with Crippen molar-refractivity contribution in [1.82, 2.24) is 9.88 Å². The molecule has 3 aliphatic heterocycles. The molecule has 0 spiro atoms. The van der Waals surface area contributed by atoms with Crippen LogP contribution in [0.1, 0.15) is 53.8 Å². The van der Waals surface area contributed by atoms with Crippen molar-refractivity contribution in [3.05, 3.63) is 57.1 Å². The number of benzene rings is 1. The fourth-order valence-electron chi connectivity index (χ4n) is 5.71. The number of esters is 1. The van der Waals surface area contributed by atoms with E-state index in [-0.39, 0.29) is 24.9 Å². The van der Waals surface area contributed by atoms with Gasteiger partial charge in [0.1, 0.15) is 12.4 Å². The molecule has 4 heterocycles. The molecule has 0 unspecified atom stereocenters. The number of aliphatic hydroxyl groups is 1. The summed E-state index contributed by atoms with van der Waals surface area (Å²) in [5.74, 6) is -0.854. The average Bonchev–Trinajstić information content (AvgIpc) is 3.11. The highest BCUT2D eigenvalue weighted by Crippen LogP contribution is 2.47. The van der Waals surface area contributed by atoms with Crippen LogP contribution in [0.4, 0.5) is 4.39 Å². The van der Waals surface area contributed by atoms with Crippen LogP contribution in [0, 0.1) is 12.7 Å². The van der Waals surface area contributed by atoms with Gasteiger partial charge in [-0.2, -0.15) is 0 Å². The topological polar surface area (TPSA) is 88.7 Å². The molecule has 1 aliphatic carbocycles. The second kappa shape index (κ2) is 6.14. The van der Waals surface area contributed by atoms with Gasteiger partial charge in [-0.25, -0.2) is 14.2 Å². The van der Waals surface area contributed by atoms with Crippen LogP contribution < -0.4 is 5.73 Å². The normalized spacial score (nSPS) is 26.5. The zero-order valence-corrected chi connectivity index (χ0v) is 17.6. The molecule has 160 valence electrons. The number of nitrogens with zero attached hydrogens (tertiary/aromatic N) is 2. The molecule has 0 amide bonds. The second-order valence-electron chi connectivity index (χ2n) is 9.05. The SMILES string of the molecule is CC[C@@]1(O)C(=O)OCC2=C1C=C1c3nc4cc(F)c(C)c5c4c(c3CN1C2)[C@@H](N)CC5. The van der Waals surface area contributed by atoms with Crippen molar-refractivity contribution in [3.8, 4) is 0 Å². The largest absolute Gasteiger partial charge is 0.459 e. The van der Waals surface area contributed by atoms with E-state index >= 15 is 0 Å². The molecule has 0 bridgehead atoms. The molecule has 0 saturated heterocycles. The first-order valence-electron chi connectivity index (χ1n) is 10.8. The highest BCUT2D eigenvalue weighted by atomic mass is 19.1. The molecule has 2 atom stereocenters. The third-order valence-electron chi connectivity index (χ3n) is 7.47. The molecule has 4 aliphatic rings. The van der Waals surface area contributed by atoms with Gasteiger partial charge in [-0.3, -0.25) is 0 Å². The summed E-state index contributed by atoms with van der Waals surface area (Å²) in [5.41, 5.74) is 12.5. The Kier molecular flexibility index (Phi) is 3.76. The minimum absolute atomic E-state index is 0.126. The van der Waals surface area contributed by atoms with Gasteiger partial charge in [-0.05, 0) is 54.5 Å². The minimum atomic E-state index is -1.65. The fraction of sp³-hybridized carbons (Fsp3) is 0.417. The van der Waals surface area contributed by atoms with Crippen molar-refractivity contribution in [2.75, 3.05) is 13.2 Å². The summed E-state index contributed by atoms with van der Waals surface area (Å²) in [4.78, 5) is 19.4. The van der Waals surface area contributed by atoms with Crippen LogP contribution in [0.15, 0.2) is 23.3 Å². The number of hydrogen-bond donors (Lipinski definition) is 2. The monoisotopic (exact) mass is 421 g/mol. The van der Waals surface area contributed by atoms with Gasteiger partial charge in [0.25, 0.3) is 0 Å². The van der Waals surface area contributed by atoms with Crippen molar-refractivity contribution >= 4 is 22.6 Å². The lowest BCUT2D eigenvalue weighted by Gasteiger charge is -2.37. The van der Waals surface area contributed by atoms with Crippen molar-refractivity contribution in [3.63, 3.8) is 0 Å². The van der Waals surface area contributed by atoms with E-state index in [1.165, 1.54) is 6.07 Å². The number of carbonyl (C=O) groups excluding carboxylic acids is 1. The molecule has 0 radical (unpaired) electrons. The number of carbonyl (C=O) groups is 1. The smallest absolute Gasteiger partial charge is 0.343 e. The van der Waals surface area contributed by atoms with Gasteiger partial charge in [-0.15, -0.1) is 0 Å². The lowest BCUT2D eigenvalue weighted by Crippen LogP contribution is -2.47. The Morgan fingerprint density at radius 3 is 2.97 bits per heavy atom. The highest BCUT2D eigenvalue weighted by molar-refractivity contribution is 5.94. The maximum atomic E-state index is 14.7. The molecule has 6 rings (SSSR count). The van der Waals surface area contributed by atoms with Crippen LogP contribution >= 0.6 is 0 Å². The quantitative estimate of drug-likeness (QED) is 0.689. The van der Waals surface area contributed by atoms with E-state index < -0.39 is 11.6 Å². The van der Waals surface area contributed by atoms with E-state index in [0.717, 1.165) is 51.9 Å². The van der Waals surface area contributed by atoms with Crippen molar-refractivity contribution in [2.24, 2.45) is 5.73 Å². The molecule has 0 fully saturated rings. The Hall–Kier alpha value is -2.77. The van der Waals surface area contributed by atoms with E-state index in [0.29, 0.717) is 29.7 Å². The summed E-state index contributed by atoms with van der Waals surface area (Å²) >= 11 is 0. The van der Waals surface area contributed by atoms with E-state index in [1.807, 2.05) is 13.0 Å². The summed E-state index contributed by atoms with van der Waals surface area (Å²) in [6, 6.07) is 1.38. The lowest BCUT2D eigenvalue weighted by molar-refractivity contribution is -0.163. The van der Waals surface area contributed by atoms with Crippen LogP contribution in [0.25, 0.3) is 16.6 Å². The number of rotatable bonds is 1. The number of pyridine rings is 1. The lowest BCUT2D eigenvalue weighted by atomic mass is 9.82. The summed E-state index contributed by atoms with van der Waals surface area (Å²) in [6.07, 6.45) is 3.63. The van der Waals surface area contributed by atoms with Crippen LogP contribution in [0.3, 0.4) is 0 Å². The van der Waals surface area contributed by atoms with Crippen LogP contribution in [0.2, 0.25) is 0 Å². The number of aryl methyl sites for hydroxylation is 1. The summed E-state index contributed by atoms with van der Waals surface area (Å²) in [7, 11) is 0. The molecule has 3 N–H and O–H groups in total. The van der Waals surface area contributed by atoms with E-state index in [2.05, 4.69) is 4.90 Å². The number of nitrogens with two attached hydrogens (primary N) is 1. The Labute approximate surface area is 179 Å². The average molecular weight is 421 g/mol. The Morgan fingerprint density at radius 1 is 1.39 bits per heavy atom. The van der Waals surface area contributed by atoms with Crippen molar-refractivity contribution in [1.29, 1.82) is 0 Å². The van der Waals surface area contributed by atoms with Gasteiger partial charge in [0.2, 0.25) is 0 Å². The predicted molar refractivity (Wildman–Crippen MR) is 113 cm³/mol. The first-order chi connectivity index (χ1) is 14.8.